The van der Waals surface area contributed by atoms with E-state index in [0.717, 1.165) is 5.56 Å². The number of carbonyl (C=O) groups is 1. The van der Waals surface area contributed by atoms with Gasteiger partial charge in [0.1, 0.15) is 5.75 Å². The van der Waals surface area contributed by atoms with Gasteiger partial charge in [0, 0.05) is 19.5 Å². The van der Waals surface area contributed by atoms with Gasteiger partial charge in [-0.05, 0) is 49.6 Å². The van der Waals surface area contributed by atoms with Crippen molar-refractivity contribution in [1.82, 2.24) is 10.0 Å². The number of carbonyl (C=O) groups excluding carboxylic acids is 1. The molecule has 0 heterocycles. The summed E-state index contributed by atoms with van der Waals surface area (Å²) < 4.78 is 32.8. The molecular weight excluding hydrogens is 400 g/mol. The third kappa shape index (κ3) is 6.82. The van der Waals surface area contributed by atoms with Crippen LogP contribution in [0.2, 0.25) is 5.02 Å². The van der Waals surface area contributed by atoms with Crippen LogP contribution in [0.4, 0.5) is 0 Å². The van der Waals surface area contributed by atoms with Crippen LogP contribution < -0.4 is 14.8 Å². The SMILES string of the molecule is Cc1ccc(C)c(S(=O)(=O)NCCNC(=O)CCCOc2ccccc2Cl)c1. The number of halogens is 1. The summed E-state index contributed by atoms with van der Waals surface area (Å²) in [7, 11) is -3.60. The summed E-state index contributed by atoms with van der Waals surface area (Å²) in [4.78, 5) is 12.1. The second kappa shape index (κ2) is 10.5. The lowest BCUT2D eigenvalue weighted by molar-refractivity contribution is -0.121. The first-order valence-electron chi connectivity index (χ1n) is 9.00. The first kappa shape index (κ1) is 22.2. The normalized spacial score (nSPS) is 11.2. The van der Waals surface area contributed by atoms with Gasteiger partial charge in [-0.3, -0.25) is 4.79 Å². The quantitative estimate of drug-likeness (QED) is 0.573. The predicted octanol–water partition coefficient (Wildman–Crippen LogP) is 3.21. The number of hydrogen-bond donors (Lipinski definition) is 2. The number of nitrogens with one attached hydrogen (secondary N) is 2. The summed E-state index contributed by atoms with van der Waals surface area (Å²) in [5, 5.41) is 3.23. The number of amides is 1. The highest BCUT2D eigenvalue weighted by Gasteiger charge is 2.16. The molecule has 0 fully saturated rings. The lowest BCUT2D eigenvalue weighted by Gasteiger charge is -2.11. The molecule has 0 unspecified atom stereocenters. The first-order valence-corrected chi connectivity index (χ1v) is 10.9. The Bertz CT molecular complexity index is 916. The first-order chi connectivity index (χ1) is 13.3. The van der Waals surface area contributed by atoms with Crippen LogP contribution in [0, 0.1) is 13.8 Å². The van der Waals surface area contributed by atoms with Crippen molar-refractivity contribution in [3.05, 3.63) is 58.6 Å². The Morgan fingerprint density at radius 1 is 1.11 bits per heavy atom. The van der Waals surface area contributed by atoms with Crippen molar-refractivity contribution in [1.29, 1.82) is 0 Å². The fourth-order valence-corrected chi connectivity index (χ4v) is 4.08. The summed E-state index contributed by atoms with van der Waals surface area (Å²) in [6, 6.07) is 12.4. The van der Waals surface area contributed by atoms with E-state index in [2.05, 4.69) is 10.0 Å². The molecule has 0 aliphatic rings. The Balaban J connectivity index is 1.67. The van der Waals surface area contributed by atoms with E-state index in [-0.39, 0.29) is 30.3 Å². The minimum absolute atomic E-state index is 0.123. The van der Waals surface area contributed by atoms with E-state index in [1.807, 2.05) is 25.1 Å². The van der Waals surface area contributed by atoms with Crippen LogP contribution in [0.3, 0.4) is 0 Å². The van der Waals surface area contributed by atoms with Gasteiger partial charge in [0.15, 0.2) is 0 Å². The number of ether oxygens (including phenoxy) is 1. The second-order valence-electron chi connectivity index (χ2n) is 6.40. The van der Waals surface area contributed by atoms with Crippen molar-refractivity contribution < 1.29 is 17.9 Å². The van der Waals surface area contributed by atoms with Gasteiger partial charge in [-0.2, -0.15) is 0 Å². The van der Waals surface area contributed by atoms with Gasteiger partial charge in [-0.25, -0.2) is 13.1 Å². The Morgan fingerprint density at radius 3 is 2.61 bits per heavy atom. The zero-order valence-electron chi connectivity index (χ0n) is 16.0. The van der Waals surface area contributed by atoms with Gasteiger partial charge in [-0.1, -0.05) is 35.9 Å². The lowest BCUT2D eigenvalue weighted by atomic mass is 10.2. The molecule has 0 aliphatic carbocycles. The van der Waals surface area contributed by atoms with Crippen LogP contribution in [0.5, 0.6) is 5.75 Å². The van der Waals surface area contributed by atoms with E-state index in [4.69, 9.17) is 16.3 Å². The maximum absolute atomic E-state index is 12.4. The number of aryl methyl sites for hydroxylation is 2. The average molecular weight is 425 g/mol. The van der Waals surface area contributed by atoms with Crippen LogP contribution in [-0.2, 0) is 14.8 Å². The van der Waals surface area contributed by atoms with Crippen LogP contribution in [-0.4, -0.2) is 34.0 Å². The van der Waals surface area contributed by atoms with Crippen molar-refractivity contribution in [2.24, 2.45) is 0 Å². The van der Waals surface area contributed by atoms with E-state index in [9.17, 15) is 13.2 Å². The molecule has 2 rings (SSSR count). The van der Waals surface area contributed by atoms with E-state index >= 15 is 0 Å². The zero-order chi connectivity index (χ0) is 20.6. The van der Waals surface area contributed by atoms with E-state index in [1.54, 1.807) is 31.2 Å². The van der Waals surface area contributed by atoms with Crippen molar-refractivity contribution in [3.8, 4) is 5.75 Å². The summed E-state index contributed by atoms with van der Waals surface area (Å²) in [6.07, 6.45) is 0.819. The lowest BCUT2D eigenvalue weighted by Crippen LogP contribution is -2.35. The molecule has 1 amide bonds. The number of benzene rings is 2. The van der Waals surface area contributed by atoms with Crippen LogP contribution >= 0.6 is 11.6 Å². The highest BCUT2D eigenvalue weighted by molar-refractivity contribution is 7.89. The molecule has 0 aliphatic heterocycles. The molecule has 2 aromatic rings. The zero-order valence-corrected chi connectivity index (χ0v) is 17.6. The minimum Gasteiger partial charge on any atom is -0.492 e. The fraction of sp³-hybridized carbons (Fsp3) is 0.350. The number of hydrogen-bond acceptors (Lipinski definition) is 4. The molecule has 0 radical (unpaired) electrons. The second-order valence-corrected chi connectivity index (χ2v) is 8.54. The summed E-state index contributed by atoms with van der Waals surface area (Å²) >= 11 is 5.99. The van der Waals surface area contributed by atoms with Crippen LogP contribution in [0.25, 0.3) is 0 Å². The molecule has 28 heavy (non-hydrogen) atoms. The van der Waals surface area contributed by atoms with Gasteiger partial charge < -0.3 is 10.1 Å². The molecule has 6 nitrogen and oxygen atoms in total. The summed E-state index contributed by atoms with van der Waals surface area (Å²) in [6.45, 7) is 4.30. The topological polar surface area (TPSA) is 84.5 Å². The molecule has 0 aromatic heterocycles. The standard InChI is InChI=1S/C20H25ClN2O4S/c1-15-9-10-16(2)19(14-15)28(25,26)23-12-11-22-20(24)8-5-13-27-18-7-4-3-6-17(18)21/h3-4,6-7,9-10,14,23H,5,8,11-13H2,1-2H3,(H,22,24). The van der Waals surface area contributed by atoms with E-state index in [0.29, 0.717) is 29.4 Å². The van der Waals surface area contributed by atoms with Gasteiger partial charge in [0.25, 0.3) is 0 Å². The number of sulfonamides is 1. The van der Waals surface area contributed by atoms with Gasteiger partial charge in [0.05, 0.1) is 16.5 Å². The minimum atomic E-state index is -3.60. The fourth-order valence-electron chi connectivity index (χ4n) is 2.53. The molecule has 0 spiro atoms. The van der Waals surface area contributed by atoms with Gasteiger partial charge in [0.2, 0.25) is 15.9 Å². The van der Waals surface area contributed by atoms with Crippen molar-refractivity contribution in [2.75, 3.05) is 19.7 Å². The highest BCUT2D eigenvalue weighted by atomic mass is 35.5. The Hall–Kier alpha value is -2.09. The third-order valence-electron chi connectivity index (χ3n) is 4.01. The van der Waals surface area contributed by atoms with Crippen molar-refractivity contribution in [3.63, 3.8) is 0 Å². The third-order valence-corrected chi connectivity index (χ3v) is 5.93. The molecule has 2 aromatic carbocycles. The Kier molecular flexibility index (Phi) is 8.29. The molecule has 0 atom stereocenters. The number of rotatable bonds is 10. The van der Waals surface area contributed by atoms with Crippen molar-refractivity contribution >= 4 is 27.5 Å². The molecule has 0 saturated heterocycles. The summed E-state index contributed by atoms with van der Waals surface area (Å²) in [5.41, 5.74) is 1.55. The van der Waals surface area contributed by atoms with Gasteiger partial charge in [-0.15, -0.1) is 0 Å². The van der Waals surface area contributed by atoms with Crippen molar-refractivity contribution in [2.45, 2.75) is 31.6 Å². The van der Waals surface area contributed by atoms with Crippen LogP contribution in [0.15, 0.2) is 47.4 Å². The molecule has 0 bridgehead atoms. The smallest absolute Gasteiger partial charge is 0.240 e. The van der Waals surface area contributed by atoms with E-state index in [1.165, 1.54) is 0 Å². The summed E-state index contributed by atoms with van der Waals surface area (Å²) in [5.74, 6) is 0.430. The largest absolute Gasteiger partial charge is 0.492 e. The van der Waals surface area contributed by atoms with Gasteiger partial charge >= 0.3 is 0 Å². The monoisotopic (exact) mass is 424 g/mol. The molecule has 0 saturated carbocycles. The van der Waals surface area contributed by atoms with E-state index < -0.39 is 10.0 Å². The Labute approximate surface area is 171 Å². The maximum Gasteiger partial charge on any atom is 0.240 e. The van der Waals surface area contributed by atoms with Crippen LogP contribution in [0.1, 0.15) is 24.0 Å². The molecular formula is C20H25ClN2O4S. The molecule has 8 heteroatoms. The average Bonchev–Trinajstić information content (AvgIpc) is 2.65. The predicted molar refractivity (Wildman–Crippen MR) is 110 cm³/mol. The highest BCUT2D eigenvalue weighted by Crippen LogP contribution is 2.23. The molecule has 2 N–H and O–H groups in total. The maximum atomic E-state index is 12.4. The molecule has 152 valence electrons. The number of para-hydroxylation sites is 1. The Morgan fingerprint density at radius 2 is 1.86 bits per heavy atom.